The number of nitrogens with one attached hydrogen (secondary N) is 1. The van der Waals surface area contributed by atoms with Crippen molar-refractivity contribution in [2.75, 3.05) is 6.61 Å². The third-order valence-corrected chi connectivity index (χ3v) is 3.35. The molecule has 1 heterocycles. The number of carbonyl (C=O) groups excluding carboxylic acids is 1. The first kappa shape index (κ1) is 15.1. The number of ether oxygens (including phenoxy) is 1. The molecule has 0 fully saturated rings. The molecule has 0 radical (unpaired) electrons. The Morgan fingerprint density at radius 3 is 2.86 bits per heavy atom. The smallest absolute Gasteiger partial charge is 0.251 e. The van der Waals surface area contributed by atoms with E-state index in [-0.39, 0.29) is 5.91 Å². The Morgan fingerprint density at radius 2 is 2.19 bits per heavy atom. The molecule has 0 atom stereocenters. The highest BCUT2D eigenvalue weighted by Gasteiger charge is 2.09. The molecule has 2 aromatic rings. The number of benzene rings is 1. The molecule has 0 bridgehead atoms. The Hall–Kier alpha value is -2.30. The number of amides is 1. The van der Waals surface area contributed by atoms with Gasteiger partial charge in [0, 0.05) is 29.9 Å². The summed E-state index contributed by atoms with van der Waals surface area (Å²) in [6, 6.07) is 7.19. The van der Waals surface area contributed by atoms with Gasteiger partial charge in [-0.25, -0.2) is 0 Å². The van der Waals surface area contributed by atoms with Gasteiger partial charge in [0.1, 0.15) is 5.75 Å². The molecular formula is C16H21N3O2. The van der Waals surface area contributed by atoms with E-state index < -0.39 is 0 Å². The molecule has 0 saturated carbocycles. The van der Waals surface area contributed by atoms with E-state index in [1.165, 1.54) is 0 Å². The zero-order valence-corrected chi connectivity index (χ0v) is 12.7. The summed E-state index contributed by atoms with van der Waals surface area (Å²) in [4.78, 5) is 12.2. The van der Waals surface area contributed by atoms with Gasteiger partial charge in [0.05, 0.1) is 12.8 Å². The standard InChI is InChI=1S/C16H21N3O2/c1-4-19-12(3)14(11-18-19)10-17-16(20)13-7-6-8-15(9-13)21-5-2/h6-9,11H,4-5,10H2,1-3H3,(H,17,20). The van der Waals surface area contributed by atoms with E-state index in [0.717, 1.165) is 17.8 Å². The molecule has 0 aliphatic carbocycles. The monoisotopic (exact) mass is 287 g/mol. The molecule has 2 rings (SSSR count). The molecule has 1 amide bonds. The lowest BCUT2D eigenvalue weighted by atomic mass is 10.2. The second-order valence-corrected chi connectivity index (χ2v) is 4.71. The number of hydrogen-bond donors (Lipinski definition) is 1. The van der Waals surface area contributed by atoms with Gasteiger partial charge in [-0.05, 0) is 39.0 Å². The lowest BCUT2D eigenvalue weighted by molar-refractivity contribution is 0.0950. The summed E-state index contributed by atoms with van der Waals surface area (Å²) in [5.74, 6) is 0.598. The quantitative estimate of drug-likeness (QED) is 0.888. The minimum Gasteiger partial charge on any atom is -0.494 e. The van der Waals surface area contributed by atoms with Crippen molar-refractivity contribution in [3.8, 4) is 5.75 Å². The summed E-state index contributed by atoms with van der Waals surface area (Å²) in [6.45, 7) is 7.86. The van der Waals surface area contributed by atoms with E-state index in [2.05, 4.69) is 10.4 Å². The van der Waals surface area contributed by atoms with Crippen molar-refractivity contribution in [2.45, 2.75) is 33.9 Å². The summed E-state index contributed by atoms with van der Waals surface area (Å²) in [5.41, 5.74) is 2.72. The normalized spacial score (nSPS) is 10.4. The van der Waals surface area contributed by atoms with Crippen LogP contribution in [0, 0.1) is 6.92 Å². The summed E-state index contributed by atoms with van der Waals surface area (Å²) in [6.07, 6.45) is 1.80. The molecule has 1 N–H and O–H groups in total. The van der Waals surface area contributed by atoms with Crippen molar-refractivity contribution in [1.29, 1.82) is 0 Å². The van der Waals surface area contributed by atoms with Gasteiger partial charge in [0.2, 0.25) is 0 Å². The number of rotatable bonds is 6. The first-order valence-corrected chi connectivity index (χ1v) is 7.18. The Bertz CT molecular complexity index is 620. The van der Waals surface area contributed by atoms with Gasteiger partial charge in [-0.1, -0.05) is 6.07 Å². The summed E-state index contributed by atoms with van der Waals surface area (Å²) in [5, 5.41) is 7.18. The third-order valence-electron chi connectivity index (χ3n) is 3.35. The number of hydrogen-bond acceptors (Lipinski definition) is 3. The maximum atomic E-state index is 12.2. The fourth-order valence-electron chi connectivity index (χ4n) is 2.15. The maximum absolute atomic E-state index is 12.2. The Kier molecular flexibility index (Phi) is 4.98. The van der Waals surface area contributed by atoms with Crippen molar-refractivity contribution in [1.82, 2.24) is 15.1 Å². The molecule has 1 aromatic carbocycles. The molecular weight excluding hydrogens is 266 g/mol. The molecule has 1 aromatic heterocycles. The van der Waals surface area contributed by atoms with Crippen molar-refractivity contribution < 1.29 is 9.53 Å². The highest BCUT2D eigenvalue weighted by molar-refractivity contribution is 5.94. The largest absolute Gasteiger partial charge is 0.494 e. The number of aryl methyl sites for hydroxylation is 1. The van der Waals surface area contributed by atoms with Crippen LogP contribution in [0.3, 0.4) is 0 Å². The van der Waals surface area contributed by atoms with Crippen LogP contribution in [0.1, 0.15) is 35.5 Å². The SMILES string of the molecule is CCOc1cccc(C(=O)NCc2cnn(CC)c2C)c1. The topological polar surface area (TPSA) is 56.1 Å². The van der Waals surface area contributed by atoms with Crippen LogP contribution in [-0.4, -0.2) is 22.3 Å². The lowest BCUT2D eigenvalue weighted by Gasteiger charge is -2.07. The van der Waals surface area contributed by atoms with Crippen LogP contribution in [-0.2, 0) is 13.1 Å². The highest BCUT2D eigenvalue weighted by Crippen LogP contribution is 2.13. The van der Waals surface area contributed by atoms with Crippen LogP contribution in [0.15, 0.2) is 30.5 Å². The van der Waals surface area contributed by atoms with E-state index >= 15 is 0 Å². The molecule has 5 nitrogen and oxygen atoms in total. The van der Waals surface area contributed by atoms with E-state index in [1.807, 2.05) is 37.6 Å². The Balaban J connectivity index is 2.01. The van der Waals surface area contributed by atoms with Gasteiger partial charge in [0.15, 0.2) is 0 Å². The molecule has 0 spiro atoms. The van der Waals surface area contributed by atoms with Gasteiger partial charge in [-0.2, -0.15) is 5.10 Å². The Morgan fingerprint density at radius 1 is 1.38 bits per heavy atom. The van der Waals surface area contributed by atoms with E-state index in [4.69, 9.17) is 4.74 Å². The minimum absolute atomic E-state index is 0.111. The van der Waals surface area contributed by atoms with Crippen molar-refractivity contribution >= 4 is 5.91 Å². The molecule has 21 heavy (non-hydrogen) atoms. The highest BCUT2D eigenvalue weighted by atomic mass is 16.5. The van der Waals surface area contributed by atoms with Crippen LogP contribution in [0.5, 0.6) is 5.75 Å². The average Bonchev–Trinajstić information content (AvgIpc) is 2.85. The van der Waals surface area contributed by atoms with Crippen LogP contribution < -0.4 is 10.1 Å². The van der Waals surface area contributed by atoms with Crippen LogP contribution in [0.2, 0.25) is 0 Å². The first-order valence-electron chi connectivity index (χ1n) is 7.18. The summed E-state index contributed by atoms with van der Waals surface area (Å²) < 4.78 is 7.32. The fraction of sp³-hybridized carbons (Fsp3) is 0.375. The zero-order valence-electron chi connectivity index (χ0n) is 12.7. The third kappa shape index (κ3) is 3.62. The van der Waals surface area contributed by atoms with Crippen LogP contribution >= 0.6 is 0 Å². The lowest BCUT2D eigenvalue weighted by Crippen LogP contribution is -2.23. The van der Waals surface area contributed by atoms with Crippen LogP contribution in [0.4, 0.5) is 0 Å². The average molecular weight is 287 g/mol. The molecule has 0 unspecified atom stereocenters. The Labute approximate surface area is 124 Å². The molecule has 0 aliphatic heterocycles. The van der Waals surface area contributed by atoms with E-state index in [9.17, 15) is 4.79 Å². The molecule has 0 aliphatic rings. The summed E-state index contributed by atoms with van der Waals surface area (Å²) in [7, 11) is 0. The van der Waals surface area contributed by atoms with Gasteiger partial charge >= 0.3 is 0 Å². The fourth-order valence-corrected chi connectivity index (χ4v) is 2.15. The van der Waals surface area contributed by atoms with Gasteiger partial charge in [-0.15, -0.1) is 0 Å². The predicted octanol–water partition coefficient (Wildman–Crippen LogP) is 2.54. The van der Waals surface area contributed by atoms with Crippen molar-refractivity contribution in [3.05, 3.63) is 47.3 Å². The summed E-state index contributed by atoms with van der Waals surface area (Å²) >= 11 is 0. The van der Waals surface area contributed by atoms with Crippen molar-refractivity contribution in [3.63, 3.8) is 0 Å². The van der Waals surface area contributed by atoms with Crippen molar-refractivity contribution in [2.24, 2.45) is 0 Å². The van der Waals surface area contributed by atoms with Crippen LogP contribution in [0.25, 0.3) is 0 Å². The van der Waals surface area contributed by atoms with Gasteiger partial charge in [0.25, 0.3) is 5.91 Å². The molecule has 112 valence electrons. The first-order chi connectivity index (χ1) is 10.2. The van der Waals surface area contributed by atoms with Gasteiger partial charge < -0.3 is 10.1 Å². The van der Waals surface area contributed by atoms with E-state index in [1.54, 1.807) is 18.3 Å². The maximum Gasteiger partial charge on any atom is 0.251 e. The second kappa shape index (κ2) is 6.92. The van der Waals surface area contributed by atoms with E-state index in [0.29, 0.717) is 24.5 Å². The van der Waals surface area contributed by atoms with Gasteiger partial charge in [-0.3, -0.25) is 9.48 Å². The number of nitrogens with zero attached hydrogens (tertiary/aromatic N) is 2. The minimum atomic E-state index is -0.111. The number of aromatic nitrogens is 2. The zero-order chi connectivity index (χ0) is 15.2. The molecule has 0 saturated heterocycles. The predicted molar refractivity (Wildman–Crippen MR) is 81.4 cm³/mol. The number of carbonyl (C=O) groups is 1. The molecule has 5 heteroatoms. The second-order valence-electron chi connectivity index (χ2n) is 4.71.